The Bertz CT molecular complexity index is 203. The van der Waals surface area contributed by atoms with Crippen molar-refractivity contribution in [3.05, 3.63) is 0 Å². The molecular formula is C12H24N2O2. The number of carbonyl (C=O) groups is 1. The molecule has 0 radical (unpaired) electrons. The molecule has 0 aromatic rings. The van der Waals surface area contributed by atoms with Crippen LogP contribution in [0.25, 0.3) is 0 Å². The molecule has 1 aliphatic heterocycles. The maximum atomic E-state index is 10.3. The minimum atomic E-state index is -0.702. The van der Waals surface area contributed by atoms with Gasteiger partial charge in [-0.15, -0.1) is 0 Å². The first kappa shape index (κ1) is 13.5. The highest BCUT2D eigenvalue weighted by molar-refractivity contribution is 5.66. The summed E-state index contributed by atoms with van der Waals surface area (Å²) < 4.78 is 0. The molecule has 1 unspecified atom stereocenters. The Morgan fingerprint density at radius 1 is 1.44 bits per heavy atom. The van der Waals surface area contributed by atoms with Gasteiger partial charge in [0, 0.05) is 13.0 Å². The summed E-state index contributed by atoms with van der Waals surface area (Å²) in [6.45, 7) is 7.74. The van der Waals surface area contributed by atoms with Crippen LogP contribution in [-0.4, -0.2) is 48.7 Å². The second-order valence-corrected chi connectivity index (χ2v) is 4.81. The van der Waals surface area contributed by atoms with Crippen molar-refractivity contribution in [2.24, 2.45) is 5.92 Å². The number of likely N-dealkylation sites (tertiary alicyclic amines) is 1. The highest BCUT2D eigenvalue weighted by Gasteiger charge is 2.13. The average Bonchev–Trinajstić information content (AvgIpc) is 2.69. The van der Waals surface area contributed by atoms with Crippen molar-refractivity contribution in [1.29, 1.82) is 0 Å². The lowest BCUT2D eigenvalue weighted by Gasteiger charge is -2.20. The van der Waals surface area contributed by atoms with E-state index in [0.29, 0.717) is 5.92 Å². The van der Waals surface area contributed by atoms with Crippen LogP contribution in [0.1, 0.15) is 32.6 Å². The highest BCUT2D eigenvalue weighted by Crippen LogP contribution is 2.09. The second kappa shape index (κ2) is 7.63. The number of carboxylic acid groups (broad SMARTS) is 1. The van der Waals surface area contributed by atoms with E-state index in [1.165, 1.54) is 32.5 Å². The fourth-order valence-corrected chi connectivity index (χ4v) is 2.18. The third kappa shape index (κ3) is 6.08. The summed E-state index contributed by atoms with van der Waals surface area (Å²) in [5.41, 5.74) is 0. The zero-order valence-electron chi connectivity index (χ0n) is 10.2. The predicted octanol–water partition coefficient (Wildman–Crippen LogP) is 1.17. The summed E-state index contributed by atoms with van der Waals surface area (Å²) in [4.78, 5) is 12.8. The monoisotopic (exact) mass is 228 g/mol. The minimum Gasteiger partial charge on any atom is -0.481 e. The van der Waals surface area contributed by atoms with E-state index in [0.717, 1.165) is 19.5 Å². The van der Waals surface area contributed by atoms with Crippen LogP contribution in [-0.2, 0) is 4.79 Å². The van der Waals surface area contributed by atoms with Gasteiger partial charge in [-0.2, -0.15) is 0 Å². The molecule has 1 aliphatic rings. The number of nitrogens with one attached hydrogen (secondary N) is 1. The molecule has 1 atom stereocenters. The molecule has 1 fully saturated rings. The van der Waals surface area contributed by atoms with Gasteiger partial charge in [0.15, 0.2) is 0 Å². The van der Waals surface area contributed by atoms with Crippen molar-refractivity contribution in [3.8, 4) is 0 Å². The van der Waals surface area contributed by atoms with E-state index >= 15 is 0 Å². The van der Waals surface area contributed by atoms with Gasteiger partial charge in [0.25, 0.3) is 0 Å². The molecule has 16 heavy (non-hydrogen) atoms. The molecule has 94 valence electrons. The molecule has 0 spiro atoms. The lowest BCUT2D eigenvalue weighted by atomic mass is 10.1. The van der Waals surface area contributed by atoms with Crippen molar-refractivity contribution >= 4 is 5.97 Å². The van der Waals surface area contributed by atoms with Gasteiger partial charge in [-0.1, -0.05) is 6.92 Å². The molecule has 0 aromatic heterocycles. The zero-order chi connectivity index (χ0) is 11.8. The van der Waals surface area contributed by atoms with E-state index in [1.807, 2.05) is 0 Å². The topological polar surface area (TPSA) is 52.6 Å². The SMILES string of the molecule is CC(CNCCCC(=O)O)CN1CCCC1. The van der Waals surface area contributed by atoms with Crippen LogP contribution in [0.3, 0.4) is 0 Å². The van der Waals surface area contributed by atoms with Gasteiger partial charge in [-0.3, -0.25) is 4.79 Å². The molecule has 0 bridgehead atoms. The number of rotatable bonds is 8. The molecule has 4 nitrogen and oxygen atoms in total. The van der Waals surface area contributed by atoms with Crippen LogP contribution in [0.2, 0.25) is 0 Å². The van der Waals surface area contributed by atoms with Gasteiger partial charge in [-0.05, 0) is 51.4 Å². The van der Waals surface area contributed by atoms with Crippen LogP contribution in [0.15, 0.2) is 0 Å². The van der Waals surface area contributed by atoms with Crippen molar-refractivity contribution < 1.29 is 9.90 Å². The van der Waals surface area contributed by atoms with Crippen molar-refractivity contribution in [1.82, 2.24) is 10.2 Å². The fraction of sp³-hybridized carbons (Fsp3) is 0.917. The third-order valence-corrected chi connectivity index (χ3v) is 3.01. The molecule has 0 saturated carbocycles. The smallest absolute Gasteiger partial charge is 0.303 e. The molecule has 0 amide bonds. The maximum absolute atomic E-state index is 10.3. The van der Waals surface area contributed by atoms with Gasteiger partial charge in [0.2, 0.25) is 0 Å². The summed E-state index contributed by atoms with van der Waals surface area (Å²) in [6, 6.07) is 0. The number of carboxylic acids is 1. The van der Waals surface area contributed by atoms with Crippen LogP contribution in [0.5, 0.6) is 0 Å². The van der Waals surface area contributed by atoms with E-state index in [2.05, 4.69) is 17.1 Å². The Labute approximate surface area is 98.0 Å². The van der Waals surface area contributed by atoms with Crippen LogP contribution in [0, 0.1) is 5.92 Å². The van der Waals surface area contributed by atoms with Crippen LogP contribution in [0.4, 0.5) is 0 Å². The lowest BCUT2D eigenvalue weighted by Crippen LogP contribution is -2.32. The average molecular weight is 228 g/mol. The van der Waals surface area contributed by atoms with Gasteiger partial charge in [0.05, 0.1) is 0 Å². The third-order valence-electron chi connectivity index (χ3n) is 3.01. The Morgan fingerprint density at radius 2 is 2.12 bits per heavy atom. The second-order valence-electron chi connectivity index (χ2n) is 4.81. The predicted molar refractivity (Wildman–Crippen MR) is 64.6 cm³/mol. The van der Waals surface area contributed by atoms with E-state index in [9.17, 15) is 4.79 Å². The Kier molecular flexibility index (Phi) is 6.42. The largest absolute Gasteiger partial charge is 0.481 e. The quantitative estimate of drug-likeness (QED) is 0.612. The Balaban J connectivity index is 1.93. The van der Waals surface area contributed by atoms with Crippen molar-refractivity contribution in [2.75, 3.05) is 32.7 Å². The summed E-state index contributed by atoms with van der Waals surface area (Å²) >= 11 is 0. The number of nitrogens with zero attached hydrogens (tertiary/aromatic N) is 1. The van der Waals surface area contributed by atoms with Gasteiger partial charge in [-0.25, -0.2) is 0 Å². The van der Waals surface area contributed by atoms with Gasteiger partial charge in [0.1, 0.15) is 0 Å². The summed E-state index contributed by atoms with van der Waals surface area (Å²) in [5, 5.41) is 11.8. The molecule has 0 aliphatic carbocycles. The Morgan fingerprint density at radius 3 is 2.75 bits per heavy atom. The van der Waals surface area contributed by atoms with Crippen molar-refractivity contribution in [2.45, 2.75) is 32.6 Å². The maximum Gasteiger partial charge on any atom is 0.303 e. The first-order chi connectivity index (χ1) is 7.68. The van der Waals surface area contributed by atoms with Crippen LogP contribution < -0.4 is 5.32 Å². The van der Waals surface area contributed by atoms with Gasteiger partial charge < -0.3 is 15.3 Å². The van der Waals surface area contributed by atoms with Crippen LogP contribution >= 0.6 is 0 Å². The van der Waals surface area contributed by atoms with E-state index < -0.39 is 5.97 Å². The number of aliphatic carboxylic acids is 1. The Hall–Kier alpha value is -0.610. The molecule has 4 heteroatoms. The van der Waals surface area contributed by atoms with E-state index in [4.69, 9.17) is 5.11 Å². The number of hydrogen-bond acceptors (Lipinski definition) is 3. The molecular weight excluding hydrogens is 204 g/mol. The van der Waals surface area contributed by atoms with E-state index in [-0.39, 0.29) is 6.42 Å². The standard InChI is InChI=1S/C12H24N2O2/c1-11(10-14-7-2-3-8-14)9-13-6-4-5-12(15)16/h11,13H,2-10H2,1H3,(H,15,16). The zero-order valence-corrected chi connectivity index (χ0v) is 10.2. The molecule has 1 heterocycles. The first-order valence-electron chi connectivity index (χ1n) is 6.33. The van der Waals surface area contributed by atoms with Gasteiger partial charge >= 0.3 is 5.97 Å². The lowest BCUT2D eigenvalue weighted by molar-refractivity contribution is -0.137. The summed E-state index contributed by atoms with van der Waals surface area (Å²) in [6.07, 6.45) is 3.69. The fourth-order valence-electron chi connectivity index (χ4n) is 2.18. The summed E-state index contributed by atoms with van der Waals surface area (Å²) in [5.74, 6) is -0.0464. The molecule has 1 rings (SSSR count). The molecule has 0 aromatic carbocycles. The molecule has 2 N–H and O–H groups in total. The highest BCUT2D eigenvalue weighted by atomic mass is 16.4. The first-order valence-corrected chi connectivity index (χ1v) is 6.33. The van der Waals surface area contributed by atoms with E-state index in [1.54, 1.807) is 0 Å². The number of hydrogen-bond donors (Lipinski definition) is 2. The minimum absolute atomic E-state index is 0.271. The summed E-state index contributed by atoms with van der Waals surface area (Å²) in [7, 11) is 0. The molecule has 1 saturated heterocycles. The van der Waals surface area contributed by atoms with Crippen molar-refractivity contribution in [3.63, 3.8) is 0 Å². The normalized spacial score (nSPS) is 18.8.